The van der Waals surface area contributed by atoms with Crippen molar-refractivity contribution in [3.8, 4) is 0 Å². The van der Waals surface area contributed by atoms with E-state index in [0.29, 0.717) is 0 Å². The normalized spacial score (nSPS) is 9.00. The summed E-state index contributed by atoms with van der Waals surface area (Å²) in [6.45, 7) is 0. The summed E-state index contributed by atoms with van der Waals surface area (Å²) in [6.07, 6.45) is 0. The Balaban J connectivity index is 0. The van der Waals surface area contributed by atoms with E-state index in [1.165, 1.54) is 0 Å². The SMILES string of the molecule is OCl.[O]=[Mn](=[O])(=[O])[OH]. The molecule has 0 amide bonds. The predicted octanol–water partition coefficient (Wildman–Crippen LogP) is -0.783. The van der Waals surface area contributed by atoms with Gasteiger partial charge in [-0.15, -0.1) is 0 Å². The van der Waals surface area contributed by atoms with Gasteiger partial charge in [0, 0.05) is 0 Å². The summed E-state index contributed by atoms with van der Waals surface area (Å²) in [5.74, 6) is 0. The molecule has 0 unspecified atom stereocenters. The fourth-order valence-electron chi connectivity index (χ4n) is 0. The number of hydrogen-bond acceptors (Lipinski definition) is 4. The summed E-state index contributed by atoms with van der Waals surface area (Å²) in [6, 6.07) is 0. The summed E-state index contributed by atoms with van der Waals surface area (Å²) in [4.78, 5) is 0. The summed E-state index contributed by atoms with van der Waals surface area (Å²) in [7, 11) is 0. The molecule has 46 valence electrons. The van der Waals surface area contributed by atoms with Crippen molar-refractivity contribution in [3.05, 3.63) is 0 Å². The van der Waals surface area contributed by atoms with Gasteiger partial charge in [-0.3, -0.25) is 4.66 Å². The Kier molecular flexibility index (Phi) is 6.24. The Bertz CT molecular complexity index is 129. The summed E-state index contributed by atoms with van der Waals surface area (Å²) in [5, 5.41) is 0. The molecular weight excluding hydrogens is 170 g/mol. The predicted molar refractivity (Wildman–Crippen MR) is 12.4 cm³/mol. The van der Waals surface area contributed by atoms with Crippen LogP contribution in [0.4, 0.5) is 0 Å². The van der Waals surface area contributed by atoms with E-state index in [0.717, 1.165) is 0 Å². The fourth-order valence-corrected chi connectivity index (χ4v) is 0. The Hall–Kier alpha value is 0.129. The van der Waals surface area contributed by atoms with Crippen molar-refractivity contribution in [3.63, 3.8) is 0 Å². The van der Waals surface area contributed by atoms with Gasteiger partial charge in [0.05, 0.1) is 11.9 Å². The minimum atomic E-state index is -5.38. The van der Waals surface area contributed by atoms with Gasteiger partial charge in [0.15, 0.2) is 0 Å². The second-order valence-corrected chi connectivity index (χ2v) is 1.63. The van der Waals surface area contributed by atoms with Gasteiger partial charge < -0.3 is 0 Å². The van der Waals surface area contributed by atoms with Crippen LogP contribution in [0.3, 0.4) is 0 Å². The zero-order chi connectivity index (χ0) is 6.50. The average Bonchev–Trinajstić information content (AvgIpc) is 1.36. The molecule has 0 radical (unpaired) electrons. The third kappa shape index (κ3) is 6230. The van der Waals surface area contributed by atoms with Crippen LogP contribution in [0.2, 0.25) is 0 Å². The molecule has 0 saturated heterocycles. The number of hydrogen-bond donors (Lipinski definition) is 2. The van der Waals surface area contributed by atoms with E-state index in [1.807, 2.05) is 0 Å². The summed E-state index contributed by atoms with van der Waals surface area (Å²) < 4.78 is 39.5. The Morgan fingerprint density at radius 3 is 1.14 bits per heavy atom. The topological polar surface area (TPSA) is 91.7 Å². The van der Waals surface area contributed by atoms with E-state index in [4.69, 9.17) is 20.4 Å². The molecule has 0 aliphatic carbocycles. The van der Waals surface area contributed by atoms with Gasteiger partial charge in [0.2, 0.25) is 0 Å². The van der Waals surface area contributed by atoms with Crippen LogP contribution >= 0.6 is 11.9 Å². The Labute approximate surface area is 45.9 Å². The van der Waals surface area contributed by atoms with Gasteiger partial charge in [-0.25, -0.2) is 0 Å². The van der Waals surface area contributed by atoms with E-state index in [1.54, 1.807) is 0 Å². The summed E-state index contributed by atoms with van der Waals surface area (Å²) >= 11 is -1.74. The molecule has 7 heteroatoms. The van der Waals surface area contributed by atoms with Crippen molar-refractivity contribution >= 4 is 11.9 Å². The van der Waals surface area contributed by atoms with E-state index in [-0.39, 0.29) is 0 Å². The van der Waals surface area contributed by atoms with Crippen molar-refractivity contribution in [1.29, 1.82) is 0 Å². The molecule has 0 aliphatic rings. The first-order chi connectivity index (χ1) is 3.00. The molecule has 0 aromatic heterocycles. The molecule has 0 heterocycles. The van der Waals surface area contributed by atoms with Crippen molar-refractivity contribution < 1.29 is 33.3 Å². The van der Waals surface area contributed by atoms with Gasteiger partial charge >= 0.3 is 28.7 Å². The minimum absolute atomic E-state index is 3.64. The second kappa shape index (κ2) is 4.29. The van der Waals surface area contributed by atoms with Gasteiger partial charge in [0.25, 0.3) is 0 Å². The van der Waals surface area contributed by atoms with Crippen molar-refractivity contribution in [2.45, 2.75) is 0 Å². The van der Waals surface area contributed by atoms with Gasteiger partial charge in [-0.05, 0) is 0 Å². The van der Waals surface area contributed by atoms with Gasteiger partial charge in [0.1, 0.15) is 0 Å². The van der Waals surface area contributed by atoms with Crippen LogP contribution in [0.1, 0.15) is 0 Å². The first-order valence-corrected chi connectivity index (χ1v) is 3.11. The van der Waals surface area contributed by atoms with E-state index >= 15 is 0 Å². The van der Waals surface area contributed by atoms with E-state index < -0.39 is 13.0 Å². The average molecular weight is 172 g/mol. The third-order valence-electron chi connectivity index (χ3n) is 0. The molecule has 0 rings (SSSR count). The molecule has 5 nitrogen and oxygen atoms in total. The molecule has 0 fully saturated rings. The standard InChI is InChI=1S/ClHO.Mn.H2O.3O/c1-2;;;;;/h2H;;1H2;;;/q;+1;;;;/p-1. The molecule has 0 aromatic carbocycles. The molecule has 0 atom stereocenters. The fraction of sp³-hybridized carbons (Fsp3) is 0. The molecule has 0 saturated carbocycles. The maximum absolute atomic E-state index is 8.69. The van der Waals surface area contributed by atoms with Crippen LogP contribution in [0.25, 0.3) is 0 Å². The molecule has 2 N–H and O–H groups in total. The molecule has 0 bridgehead atoms. The van der Waals surface area contributed by atoms with Crippen LogP contribution in [-0.2, 0) is 24.5 Å². The van der Waals surface area contributed by atoms with E-state index in [2.05, 4.69) is 11.9 Å². The van der Waals surface area contributed by atoms with E-state index in [9.17, 15) is 0 Å². The zero-order valence-electron chi connectivity index (χ0n) is 2.88. The molecule has 0 aliphatic heterocycles. The van der Waals surface area contributed by atoms with Crippen LogP contribution in [-0.4, -0.2) is 8.85 Å². The zero-order valence-corrected chi connectivity index (χ0v) is 4.81. The van der Waals surface area contributed by atoms with Crippen molar-refractivity contribution in [2.75, 3.05) is 0 Å². The first kappa shape index (κ1) is 10.2. The monoisotopic (exact) mass is 172 g/mol. The Morgan fingerprint density at radius 1 is 1.14 bits per heavy atom. The quantitative estimate of drug-likeness (QED) is 0.468. The van der Waals surface area contributed by atoms with Crippen LogP contribution in [0.5, 0.6) is 0 Å². The number of halogens is 1. The van der Waals surface area contributed by atoms with Crippen LogP contribution < -0.4 is 0 Å². The molecule has 0 aromatic rings. The first-order valence-electron chi connectivity index (χ1n) is 0.801. The van der Waals surface area contributed by atoms with Crippen molar-refractivity contribution in [2.24, 2.45) is 0 Å². The molecular formula is H2ClMnO5. The third-order valence-corrected chi connectivity index (χ3v) is 0. The van der Waals surface area contributed by atoms with Gasteiger partial charge in [-0.2, -0.15) is 0 Å². The van der Waals surface area contributed by atoms with Crippen LogP contribution in [0, 0.1) is 0 Å². The van der Waals surface area contributed by atoms with Gasteiger partial charge in [-0.1, -0.05) is 0 Å². The Morgan fingerprint density at radius 2 is 1.14 bits per heavy atom. The van der Waals surface area contributed by atoms with Crippen molar-refractivity contribution in [1.82, 2.24) is 0 Å². The maximum atomic E-state index is 8.69. The molecule has 7 heavy (non-hydrogen) atoms. The van der Waals surface area contributed by atoms with Crippen LogP contribution in [0.15, 0.2) is 0 Å². The second-order valence-electron chi connectivity index (χ2n) is 0.396. The number of rotatable bonds is 0. The summed E-state index contributed by atoms with van der Waals surface area (Å²) in [5.41, 5.74) is 0. The molecule has 0 spiro atoms.